The molecule has 0 spiro atoms. The molecular formula is C34H40ClF6N3O3. The zero-order chi connectivity index (χ0) is 34.7. The van der Waals surface area contributed by atoms with Crippen LogP contribution < -0.4 is 15.5 Å². The summed E-state index contributed by atoms with van der Waals surface area (Å²) in [5.74, 6) is -4.20. The Balaban J connectivity index is 1.54. The van der Waals surface area contributed by atoms with E-state index in [1.807, 2.05) is 0 Å². The maximum Gasteiger partial charge on any atom is 0.391 e. The number of anilines is 2. The molecule has 47 heavy (non-hydrogen) atoms. The van der Waals surface area contributed by atoms with Crippen LogP contribution in [0.15, 0.2) is 36.4 Å². The Morgan fingerprint density at radius 2 is 1.40 bits per heavy atom. The summed E-state index contributed by atoms with van der Waals surface area (Å²) in [6.45, 7) is 5.63. The van der Waals surface area contributed by atoms with Gasteiger partial charge < -0.3 is 15.5 Å². The molecule has 2 fully saturated rings. The number of hydrogen-bond acceptors (Lipinski definition) is 4. The summed E-state index contributed by atoms with van der Waals surface area (Å²) in [6, 6.07) is 9.35. The third-order valence-corrected chi connectivity index (χ3v) is 9.38. The van der Waals surface area contributed by atoms with E-state index in [4.69, 9.17) is 11.6 Å². The van der Waals surface area contributed by atoms with Crippen LogP contribution in [0.2, 0.25) is 5.02 Å². The fourth-order valence-corrected chi connectivity index (χ4v) is 6.33. The molecule has 4 rings (SSSR count). The molecule has 0 radical (unpaired) electrons. The summed E-state index contributed by atoms with van der Waals surface area (Å²) in [4.78, 5) is 41.0. The number of Topliss-reactive ketones (excluding diaryl/α,β-unsaturated/α-hetero) is 1. The zero-order valence-corrected chi connectivity index (χ0v) is 27.3. The molecule has 0 unspecified atom stereocenters. The number of piperidine rings is 1. The SMILES string of the molecule is CC(C)(C)C(=O)NCc1ccc(Cl)c(C(=O)Nc2ccc(N3CCC(C(F)(F)F)CC3)c(C(=O)CC3CCC(C(F)(F)F)CC3)c2)c1. The van der Waals surface area contributed by atoms with Gasteiger partial charge in [0.2, 0.25) is 5.91 Å². The largest absolute Gasteiger partial charge is 0.391 e. The van der Waals surface area contributed by atoms with Crippen molar-refractivity contribution >= 4 is 40.6 Å². The van der Waals surface area contributed by atoms with Crippen LogP contribution >= 0.6 is 11.6 Å². The first-order valence-electron chi connectivity index (χ1n) is 15.8. The van der Waals surface area contributed by atoms with E-state index in [2.05, 4.69) is 10.6 Å². The molecule has 2 amide bonds. The summed E-state index contributed by atoms with van der Waals surface area (Å²) in [7, 11) is 0. The normalized spacial score (nSPS) is 19.7. The minimum absolute atomic E-state index is 0.0118. The monoisotopic (exact) mass is 687 g/mol. The van der Waals surface area contributed by atoms with Crippen molar-refractivity contribution in [3.05, 3.63) is 58.1 Å². The molecule has 1 aliphatic heterocycles. The molecular weight excluding hydrogens is 648 g/mol. The third kappa shape index (κ3) is 9.64. The Morgan fingerprint density at radius 3 is 1.98 bits per heavy atom. The van der Waals surface area contributed by atoms with Crippen molar-refractivity contribution in [3.8, 4) is 0 Å². The number of halogens is 7. The van der Waals surface area contributed by atoms with Crippen LogP contribution in [0, 0.1) is 23.2 Å². The van der Waals surface area contributed by atoms with Crippen molar-refractivity contribution in [1.29, 1.82) is 0 Å². The van der Waals surface area contributed by atoms with Crippen LogP contribution in [-0.4, -0.2) is 43.0 Å². The average molecular weight is 688 g/mol. The van der Waals surface area contributed by atoms with Crippen LogP contribution in [0.4, 0.5) is 37.7 Å². The predicted molar refractivity (Wildman–Crippen MR) is 169 cm³/mol. The fourth-order valence-electron chi connectivity index (χ4n) is 6.13. The van der Waals surface area contributed by atoms with Crippen LogP contribution in [0.3, 0.4) is 0 Å². The lowest BCUT2D eigenvalue weighted by Gasteiger charge is -2.35. The highest BCUT2D eigenvalue weighted by Crippen LogP contribution is 2.42. The Labute approximate surface area is 275 Å². The van der Waals surface area contributed by atoms with Crippen molar-refractivity contribution in [1.82, 2.24) is 5.32 Å². The molecule has 2 aromatic carbocycles. The first-order valence-corrected chi connectivity index (χ1v) is 16.1. The van der Waals surface area contributed by atoms with Crippen molar-refractivity contribution in [2.45, 2.75) is 84.6 Å². The standard InChI is InChI=1S/C34H40ClF6N3O3/c1-32(2,3)31(47)42-19-21-6-10-27(35)25(16-21)30(46)43-24-9-11-28(44-14-12-23(13-15-44)34(39,40)41)26(18-24)29(45)17-20-4-7-22(8-5-20)33(36,37)38/h6,9-11,16,18,20,22-23H,4-5,7-8,12-15,17,19H2,1-3H3,(H,42,47)(H,43,46). The number of carbonyl (C=O) groups is 3. The van der Waals surface area contributed by atoms with E-state index in [0.29, 0.717) is 11.3 Å². The molecule has 1 saturated heterocycles. The molecule has 13 heteroatoms. The van der Waals surface area contributed by atoms with Gasteiger partial charge in [0.15, 0.2) is 5.78 Å². The molecule has 2 aliphatic rings. The van der Waals surface area contributed by atoms with Gasteiger partial charge in [0.05, 0.1) is 22.4 Å². The summed E-state index contributed by atoms with van der Waals surface area (Å²) >= 11 is 6.33. The van der Waals surface area contributed by atoms with Gasteiger partial charge in [0.25, 0.3) is 5.91 Å². The van der Waals surface area contributed by atoms with Crippen LogP contribution in [0.1, 0.15) is 92.0 Å². The molecule has 1 heterocycles. The highest BCUT2D eigenvalue weighted by atomic mass is 35.5. The second-order valence-corrected chi connectivity index (χ2v) is 14.0. The molecule has 1 aliphatic carbocycles. The molecule has 258 valence electrons. The number of ketones is 1. The van der Waals surface area contributed by atoms with Gasteiger partial charge >= 0.3 is 12.4 Å². The number of nitrogens with zero attached hydrogens (tertiary/aromatic N) is 1. The molecule has 0 atom stereocenters. The fraction of sp³-hybridized carbons (Fsp3) is 0.559. The van der Waals surface area contributed by atoms with E-state index in [1.165, 1.54) is 12.1 Å². The van der Waals surface area contributed by atoms with Gasteiger partial charge in [-0.3, -0.25) is 14.4 Å². The van der Waals surface area contributed by atoms with Gasteiger partial charge in [-0.05, 0) is 80.3 Å². The van der Waals surface area contributed by atoms with Crippen LogP contribution in [0.25, 0.3) is 0 Å². The van der Waals surface area contributed by atoms with Crippen LogP contribution in [-0.2, 0) is 11.3 Å². The lowest BCUT2D eigenvalue weighted by molar-refractivity contribution is -0.183. The first kappa shape index (κ1) is 36.6. The van der Waals surface area contributed by atoms with Gasteiger partial charge in [-0.15, -0.1) is 0 Å². The molecule has 6 nitrogen and oxygen atoms in total. The Kier molecular flexibility index (Phi) is 11.2. The smallest absolute Gasteiger partial charge is 0.371 e. The van der Waals surface area contributed by atoms with Gasteiger partial charge in [-0.25, -0.2) is 0 Å². The summed E-state index contributed by atoms with van der Waals surface area (Å²) in [5.41, 5.74) is 1.01. The first-order chi connectivity index (χ1) is 21.8. The number of benzene rings is 2. The van der Waals surface area contributed by atoms with E-state index >= 15 is 0 Å². The maximum absolute atomic E-state index is 13.7. The topological polar surface area (TPSA) is 78.5 Å². The average Bonchev–Trinajstić information content (AvgIpc) is 2.99. The van der Waals surface area contributed by atoms with E-state index in [9.17, 15) is 40.7 Å². The van der Waals surface area contributed by atoms with E-state index in [0.717, 1.165) is 0 Å². The number of amides is 2. The molecule has 2 N–H and O–H groups in total. The summed E-state index contributed by atoms with van der Waals surface area (Å²) < 4.78 is 79.5. The van der Waals surface area contributed by atoms with Gasteiger partial charge in [-0.1, -0.05) is 38.4 Å². The van der Waals surface area contributed by atoms with E-state index < -0.39 is 35.5 Å². The van der Waals surface area contributed by atoms with Crippen molar-refractivity contribution in [2.24, 2.45) is 23.2 Å². The van der Waals surface area contributed by atoms with Gasteiger partial charge in [0, 0.05) is 48.4 Å². The molecule has 2 aromatic rings. The molecule has 0 bridgehead atoms. The van der Waals surface area contributed by atoms with Gasteiger partial charge in [0.1, 0.15) is 0 Å². The van der Waals surface area contributed by atoms with Crippen molar-refractivity contribution < 1.29 is 40.7 Å². The number of carbonyl (C=O) groups excluding carboxylic acids is 3. The lowest BCUT2D eigenvalue weighted by Crippen LogP contribution is -2.39. The minimum Gasteiger partial charge on any atom is -0.371 e. The lowest BCUT2D eigenvalue weighted by atomic mass is 9.79. The quantitative estimate of drug-likeness (QED) is 0.215. The Bertz CT molecular complexity index is 1450. The highest BCUT2D eigenvalue weighted by molar-refractivity contribution is 6.34. The second-order valence-electron chi connectivity index (χ2n) is 13.6. The third-order valence-electron chi connectivity index (χ3n) is 9.05. The van der Waals surface area contributed by atoms with E-state index in [1.54, 1.807) is 49.9 Å². The highest BCUT2D eigenvalue weighted by Gasteiger charge is 2.43. The maximum atomic E-state index is 13.7. The minimum atomic E-state index is -4.31. The second kappa shape index (κ2) is 14.5. The number of nitrogens with one attached hydrogen (secondary N) is 2. The van der Waals surface area contributed by atoms with Gasteiger partial charge in [-0.2, -0.15) is 26.3 Å². The predicted octanol–water partition coefficient (Wildman–Crippen LogP) is 8.97. The number of rotatable bonds is 8. The summed E-state index contributed by atoms with van der Waals surface area (Å²) in [6.07, 6.45) is -8.52. The Hall–Kier alpha value is -3.28. The Morgan fingerprint density at radius 1 is 0.809 bits per heavy atom. The van der Waals surface area contributed by atoms with Crippen molar-refractivity contribution in [3.63, 3.8) is 0 Å². The zero-order valence-electron chi connectivity index (χ0n) is 26.6. The molecule has 0 aromatic heterocycles. The number of hydrogen-bond donors (Lipinski definition) is 2. The van der Waals surface area contributed by atoms with E-state index in [-0.39, 0.29) is 104 Å². The summed E-state index contributed by atoms with van der Waals surface area (Å²) in [5, 5.41) is 5.71. The van der Waals surface area contributed by atoms with Crippen molar-refractivity contribution in [2.75, 3.05) is 23.3 Å². The number of alkyl halides is 6. The van der Waals surface area contributed by atoms with Crippen LogP contribution in [0.5, 0.6) is 0 Å². The molecule has 1 saturated carbocycles.